The van der Waals surface area contributed by atoms with Crippen molar-refractivity contribution in [1.29, 1.82) is 0 Å². The Hall–Kier alpha value is -1.51. The molecule has 0 heterocycles. The summed E-state index contributed by atoms with van der Waals surface area (Å²) in [5.41, 5.74) is 0. The maximum absolute atomic E-state index is 13.5. The highest BCUT2D eigenvalue weighted by molar-refractivity contribution is 7.47. The molecule has 0 fully saturated rings. The van der Waals surface area contributed by atoms with Gasteiger partial charge in [0.2, 0.25) is 5.91 Å². The van der Waals surface area contributed by atoms with Gasteiger partial charge in [0.05, 0.1) is 33.8 Å². The van der Waals surface area contributed by atoms with Crippen LogP contribution in [-0.4, -0.2) is 74.3 Å². The average Bonchev–Trinajstić information content (AvgIpc) is 3.31. The number of hydrogen-bond donors (Lipinski definition) is 2. The Kier molecular flexibility index (Phi) is 48.9. The van der Waals surface area contributed by atoms with Crippen LogP contribution in [0, 0.1) is 0 Å². The fourth-order valence-corrected chi connectivity index (χ4v) is 9.48. The van der Waals surface area contributed by atoms with Crippen molar-refractivity contribution < 1.29 is 37.3 Å². The van der Waals surface area contributed by atoms with Gasteiger partial charge >= 0.3 is 13.8 Å². The molecular weight excluding hydrogens is 880 g/mol. The van der Waals surface area contributed by atoms with E-state index in [9.17, 15) is 19.0 Å². The average molecular weight is 997 g/mol. The highest BCUT2D eigenvalue weighted by Gasteiger charge is 2.30. The summed E-state index contributed by atoms with van der Waals surface area (Å²) in [4.78, 5) is 37.6. The first kappa shape index (κ1) is 67.5. The van der Waals surface area contributed by atoms with Gasteiger partial charge in [-0.2, -0.15) is 0 Å². The molecule has 0 aliphatic heterocycles. The van der Waals surface area contributed by atoms with Crippen LogP contribution in [0.25, 0.3) is 0 Å². The number of carbonyl (C=O) groups excluding carboxylic acids is 2. The number of nitrogens with zero attached hydrogens (tertiary/aromatic N) is 1. The Labute approximate surface area is 428 Å². The number of carbonyl (C=O) groups is 2. The van der Waals surface area contributed by atoms with Gasteiger partial charge in [-0.25, -0.2) is 4.57 Å². The number of hydrogen-bond acceptors (Lipinski definition) is 6. The lowest BCUT2D eigenvalue weighted by Gasteiger charge is -2.27. The maximum Gasteiger partial charge on any atom is 0.472 e. The van der Waals surface area contributed by atoms with E-state index >= 15 is 0 Å². The van der Waals surface area contributed by atoms with Crippen LogP contribution >= 0.6 is 7.82 Å². The fourth-order valence-electron chi connectivity index (χ4n) is 8.75. The van der Waals surface area contributed by atoms with Crippen molar-refractivity contribution in [3.05, 3.63) is 24.3 Å². The molecule has 0 bridgehead atoms. The fraction of sp³-hybridized carbons (Fsp3) is 0.898. The quantitative estimate of drug-likeness (QED) is 0.0205. The minimum Gasteiger partial charge on any atom is -0.456 e. The lowest BCUT2D eigenvalue weighted by molar-refractivity contribution is -0.870. The highest BCUT2D eigenvalue weighted by Crippen LogP contribution is 2.43. The molecule has 3 unspecified atom stereocenters. The third-order valence-electron chi connectivity index (χ3n) is 13.4. The normalized spacial score (nSPS) is 13.9. The molecule has 9 nitrogen and oxygen atoms in total. The van der Waals surface area contributed by atoms with E-state index in [1.807, 2.05) is 33.3 Å². The van der Waals surface area contributed by atoms with Crippen LogP contribution in [0.2, 0.25) is 0 Å². The number of quaternary nitrogens is 1. The predicted molar refractivity (Wildman–Crippen MR) is 296 cm³/mol. The number of rotatable bonds is 54. The zero-order valence-electron chi connectivity index (χ0n) is 46.6. The first-order valence-electron chi connectivity index (χ1n) is 29.7. The molecule has 3 atom stereocenters. The zero-order chi connectivity index (χ0) is 50.8. The number of allylic oxidation sites excluding steroid dienone is 3. The number of nitrogens with one attached hydrogen (secondary N) is 1. The Morgan fingerprint density at radius 2 is 0.855 bits per heavy atom. The Balaban J connectivity index is 5.24. The maximum atomic E-state index is 13.5. The molecule has 10 heteroatoms. The smallest absolute Gasteiger partial charge is 0.456 e. The molecule has 0 spiro atoms. The van der Waals surface area contributed by atoms with Crippen LogP contribution in [0.3, 0.4) is 0 Å². The molecule has 0 aromatic carbocycles. The van der Waals surface area contributed by atoms with E-state index in [4.69, 9.17) is 13.8 Å². The number of phosphoric ester groups is 1. The Bertz CT molecular complexity index is 1240. The first-order valence-corrected chi connectivity index (χ1v) is 31.2. The van der Waals surface area contributed by atoms with Gasteiger partial charge < -0.3 is 19.4 Å². The number of amides is 1. The SMILES string of the molecule is CCCC/C=C\CCCCCCCC(=O)OC(/C=C/CCCCCCCCCCCCC)C(COP(=O)(O)OCC[N+](C)(C)C)NC(=O)CCCCCCCCCCCCCCCCCCCCC. The number of phosphoric acid groups is 1. The highest BCUT2D eigenvalue weighted by atomic mass is 31.2. The van der Waals surface area contributed by atoms with Crippen LogP contribution < -0.4 is 5.32 Å². The summed E-state index contributed by atoms with van der Waals surface area (Å²) in [6.07, 6.45) is 57.4. The second-order valence-corrected chi connectivity index (χ2v) is 23.0. The van der Waals surface area contributed by atoms with E-state index in [-0.39, 0.29) is 31.5 Å². The largest absolute Gasteiger partial charge is 0.472 e. The summed E-state index contributed by atoms with van der Waals surface area (Å²) in [6.45, 7) is 7.00. The second kappa shape index (κ2) is 50.0. The Morgan fingerprint density at radius 3 is 1.28 bits per heavy atom. The summed E-state index contributed by atoms with van der Waals surface area (Å²) < 4.78 is 30.6. The molecule has 0 saturated carbocycles. The van der Waals surface area contributed by atoms with E-state index in [1.165, 1.54) is 173 Å². The van der Waals surface area contributed by atoms with E-state index in [0.717, 1.165) is 83.5 Å². The number of ether oxygens (including phenoxy) is 1. The van der Waals surface area contributed by atoms with Crippen molar-refractivity contribution in [3.8, 4) is 0 Å². The van der Waals surface area contributed by atoms with Crippen molar-refractivity contribution >= 4 is 19.7 Å². The predicted octanol–water partition coefficient (Wildman–Crippen LogP) is 17.8. The van der Waals surface area contributed by atoms with Gasteiger partial charge in [-0.05, 0) is 51.0 Å². The van der Waals surface area contributed by atoms with Crippen LogP contribution in [0.4, 0.5) is 0 Å². The summed E-state index contributed by atoms with van der Waals surface area (Å²) in [5.74, 6) is -0.503. The van der Waals surface area contributed by atoms with Crippen LogP contribution in [0.1, 0.15) is 290 Å². The second-order valence-electron chi connectivity index (χ2n) is 21.5. The molecule has 0 aliphatic carbocycles. The van der Waals surface area contributed by atoms with Crippen LogP contribution in [0.5, 0.6) is 0 Å². The molecule has 0 aromatic rings. The number of unbranched alkanes of at least 4 members (excludes halogenated alkanes) is 36. The standard InChI is InChI=1S/C59H115N2O7P/c1-7-10-13-16-19-22-25-27-28-29-30-31-32-34-37-39-42-45-48-51-58(62)60-56(55-67-69(64,65)66-54-53-61(4,5)6)57(50-47-44-41-38-36-33-26-23-20-17-14-11-8-2)68-59(63)52-49-46-43-40-35-24-21-18-15-12-9-3/h18,21,47,50,56-57H,7-17,19-20,22-46,48-49,51-55H2,1-6H3,(H-,60,62,64,65)/p+1/b21-18-,50-47+. The third-order valence-corrected chi connectivity index (χ3v) is 14.4. The van der Waals surface area contributed by atoms with Crippen molar-refractivity contribution in [3.63, 3.8) is 0 Å². The molecule has 0 rings (SSSR count). The molecule has 0 aromatic heterocycles. The van der Waals surface area contributed by atoms with Gasteiger partial charge in [-0.3, -0.25) is 18.6 Å². The van der Waals surface area contributed by atoms with Gasteiger partial charge in [0.15, 0.2) is 0 Å². The van der Waals surface area contributed by atoms with E-state index in [2.05, 4.69) is 38.2 Å². The van der Waals surface area contributed by atoms with Gasteiger partial charge in [0.1, 0.15) is 19.3 Å². The summed E-state index contributed by atoms with van der Waals surface area (Å²) in [6, 6.07) is -0.844. The summed E-state index contributed by atoms with van der Waals surface area (Å²) in [5, 5.41) is 3.05. The minimum absolute atomic E-state index is 0.0423. The molecule has 69 heavy (non-hydrogen) atoms. The monoisotopic (exact) mass is 996 g/mol. The topological polar surface area (TPSA) is 111 Å². The summed E-state index contributed by atoms with van der Waals surface area (Å²) >= 11 is 0. The van der Waals surface area contributed by atoms with E-state index < -0.39 is 20.0 Å². The van der Waals surface area contributed by atoms with Gasteiger partial charge in [-0.1, -0.05) is 251 Å². The van der Waals surface area contributed by atoms with Gasteiger partial charge in [0.25, 0.3) is 0 Å². The zero-order valence-corrected chi connectivity index (χ0v) is 47.5. The molecular formula is C59H116N2O7P+. The number of esters is 1. The van der Waals surface area contributed by atoms with E-state index in [1.54, 1.807) is 0 Å². The summed E-state index contributed by atoms with van der Waals surface area (Å²) in [7, 11) is 1.50. The first-order chi connectivity index (χ1) is 33.4. The Morgan fingerprint density at radius 1 is 0.493 bits per heavy atom. The third kappa shape index (κ3) is 51.2. The molecule has 0 saturated heterocycles. The lowest BCUT2D eigenvalue weighted by atomic mass is 10.0. The molecule has 408 valence electrons. The van der Waals surface area contributed by atoms with Gasteiger partial charge in [0, 0.05) is 12.8 Å². The minimum atomic E-state index is -4.44. The number of likely N-dealkylation sites (N-methyl/N-ethyl adjacent to an activating group) is 1. The van der Waals surface area contributed by atoms with Gasteiger partial charge in [-0.15, -0.1) is 0 Å². The lowest BCUT2D eigenvalue weighted by Crippen LogP contribution is -2.47. The molecule has 0 aliphatic rings. The van der Waals surface area contributed by atoms with E-state index in [0.29, 0.717) is 17.4 Å². The van der Waals surface area contributed by atoms with Crippen LogP contribution in [-0.2, 0) is 27.9 Å². The van der Waals surface area contributed by atoms with Crippen molar-refractivity contribution in [1.82, 2.24) is 5.32 Å². The molecule has 2 N–H and O–H groups in total. The van der Waals surface area contributed by atoms with Crippen molar-refractivity contribution in [2.45, 2.75) is 303 Å². The van der Waals surface area contributed by atoms with Crippen molar-refractivity contribution in [2.75, 3.05) is 40.9 Å². The molecule has 0 radical (unpaired) electrons. The van der Waals surface area contributed by atoms with Crippen molar-refractivity contribution in [2.24, 2.45) is 0 Å². The molecule has 1 amide bonds. The van der Waals surface area contributed by atoms with Crippen LogP contribution in [0.15, 0.2) is 24.3 Å².